The zero-order valence-corrected chi connectivity index (χ0v) is 6.69. The number of rotatable bonds is 1. The van der Waals surface area contributed by atoms with Crippen molar-refractivity contribution in [3.05, 3.63) is 46.3 Å². The summed E-state index contributed by atoms with van der Waals surface area (Å²) in [6.45, 7) is 0. The van der Waals surface area contributed by atoms with Crippen molar-refractivity contribution in [3.8, 4) is 0 Å². The van der Waals surface area contributed by atoms with Crippen molar-refractivity contribution in [2.75, 3.05) is 0 Å². The molecule has 1 aromatic heterocycles. The Hall–Kier alpha value is -1.90. The van der Waals surface area contributed by atoms with Crippen LogP contribution in [0.15, 0.2) is 39.5 Å². The van der Waals surface area contributed by atoms with Gasteiger partial charge in [0.2, 0.25) is 0 Å². The van der Waals surface area contributed by atoms with Gasteiger partial charge >= 0.3 is 5.63 Å². The van der Waals surface area contributed by atoms with Crippen LogP contribution in [0.25, 0.3) is 11.0 Å². The van der Waals surface area contributed by atoms with E-state index in [9.17, 15) is 9.59 Å². The van der Waals surface area contributed by atoms with Crippen molar-refractivity contribution in [3.63, 3.8) is 0 Å². The maximum Gasteiger partial charge on any atom is 0.336 e. The van der Waals surface area contributed by atoms with E-state index in [0.717, 1.165) is 11.7 Å². The van der Waals surface area contributed by atoms with Gasteiger partial charge in [0.05, 0.1) is 0 Å². The fraction of sp³-hybridized carbons (Fsp3) is 0. The van der Waals surface area contributed by atoms with Crippen molar-refractivity contribution in [2.24, 2.45) is 0 Å². The van der Waals surface area contributed by atoms with Crippen LogP contribution in [-0.2, 0) is 0 Å². The van der Waals surface area contributed by atoms with Crippen molar-refractivity contribution in [2.45, 2.75) is 0 Å². The number of carbonyl (C=O) groups is 1. The Morgan fingerprint density at radius 1 is 1.15 bits per heavy atom. The maximum absolute atomic E-state index is 10.8. The van der Waals surface area contributed by atoms with Gasteiger partial charge in [-0.05, 0) is 24.3 Å². The molecule has 0 atom stereocenters. The lowest BCUT2D eigenvalue weighted by Gasteiger charge is -1.95. The van der Waals surface area contributed by atoms with Crippen LogP contribution in [0, 0.1) is 0 Å². The number of benzene rings is 1. The summed E-state index contributed by atoms with van der Waals surface area (Å²) in [4.78, 5) is 21.2. The third kappa shape index (κ3) is 1.36. The molecule has 2 aromatic rings. The second-order valence-electron chi connectivity index (χ2n) is 2.67. The first-order valence-corrected chi connectivity index (χ1v) is 3.79. The van der Waals surface area contributed by atoms with Gasteiger partial charge in [-0.25, -0.2) is 4.79 Å². The Morgan fingerprint density at radius 3 is 2.77 bits per heavy atom. The Kier molecular flexibility index (Phi) is 1.70. The summed E-state index contributed by atoms with van der Waals surface area (Å²) >= 11 is 0. The van der Waals surface area contributed by atoms with E-state index in [1.165, 1.54) is 6.07 Å². The molecule has 0 saturated heterocycles. The Morgan fingerprint density at radius 2 is 2.00 bits per heavy atom. The van der Waals surface area contributed by atoms with Crippen LogP contribution in [0.2, 0.25) is 0 Å². The predicted molar refractivity (Wildman–Crippen MR) is 47.9 cm³/mol. The molecule has 0 saturated carbocycles. The minimum Gasteiger partial charge on any atom is -0.423 e. The minimum absolute atomic E-state index is 0.383. The molecular formula is C10H6O3. The summed E-state index contributed by atoms with van der Waals surface area (Å²) in [7, 11) is 0. The molecule has 0 aliphatic heterocycles. The average molecular weight is 174 g/mol. The second-order valence-corrected chi connectivity index (χ2v) is 2.67. The van der Waals surface area contributed by atoms with E-state index in [0.29, 0.717) is 11.1 Å². The summed E-state index contributed by atoms with van der Waals surface area (Å²) < 4.78 is 4.89. The summed E-state index contributed by atoms with van der Waals surface area (Å²) in [5, 5.41) is 0.754. The molecule has 3 heteroatoms. The van der Waals surface area contributed by atoms with Crippen LogP contribution in [0.3, 0.4) is 0 Å². The van der Waals surface area contributed by atoms with Crippen LogP contribution in [0.4, 0.5) is 0 Å². The number of hydrogen-bond donors (Lipinski definition) is 0. The van der Waals surface area contributed by atoms with E-state index >= 15 is 0 Å². The normalized spacial score (nSPS) is 10.2. The minimum atomic E-state index is -0.383. The number of fused-ring (bicyclic) bond motifs is 1. The van der Waals surface area contributed by atoms with E-state index in [1.54, 1.807) is 24.3 Å². The van der Waals surface area contributed by atoms with Gasteiger partial charge in [-0.1, -0.05) is 0 Å². The SMILES string of the molecule is O=Cc1ccc2oc(=O)ccc2c1. The van der Waals surface area contributed by atoms with Gasteiger partial charge < -0.3 is 4.42 Å². The van der Waals surface area contributed by atoms with E-state index in [4.69, 9.17) is 4.42 Å². The van der Waals surface area contributed by atoms with Gasteiger partial charge in [-0.2, -0.15) is 0 Å². The van der Waals surface area contributed by atoms with Crippen LogP contribution in [0.5, 0.6) is 0 Å². The zero-order chi connectivity index (χ0) is 9.26. The monoisotopic (exact) mass is 174 g/mol. The predicted octanol–water partition coefficient (Wildman–Crippen LogP) is 1.61. The third-order valence-electron chi connectivity index (χ3n) is 1.78. The molecule has 13 heavy (non-hydrogen) atoms. The molecule has 0 spiro atoms. The molecular weight excluding hydrogens is 168 g/mol. The summed E-state index contributed by atoms with van der Waals surface area (Å²) in [6, 6.07) is 7.86. The summed E-state index contributed by atoms with van der Waals surface area (Å²) in [5.41, 5.74) is 0.686. The van der Waals surface area contributed by atoms with Gasteiger partial charge in [-0.3, -0.25) is 4.79 Å². The van der Waals surface area contributed by atoms with E-state index in [1.807, 2.05) is 0 Å². The van der Waals surface area contributed by atoms with Gasteiger partial charge in [-0.15, -0.1) is 0 Å². The standard InChI is InChI=1S/C10H6O3/c11-6-7-1-3-9-8(5-7)2-4-10(12)13-9/h1-6H. The molecule has 1 heterocycles. The Balaban J connectivity index is 2.80. The zero-order valence-electron chi connectivity index (χ0n) is 6.69. The lowest BCUT2D eigenvalue weighted by atomic mass is 10.1. The van der Waals surface area contributed by atoms with Gasteiger partial charge in [0.25, 0.3) is 0 Å². The largest absolute Gasteiger partial charge is 0.423 e. The number of carbonyl (C=O) groups excluding carboxylic acids is 1. The van der Waals surface area contributed by atoms with Gasteiger partial charge in [0.15, 0.2) is 0 Å². The number of hydrogen-bond acceptors (Lipinski definition) is 3. The number of aldehydes is 1. The Labute approximate surface area is 73.6 Å². The van der Waals surface area contributed by atoms with Crippen molar-refractivity contribution in [1.29, 1.82) is 0 Å². The topological polar surface area (TPSA) is 47.3 Å². The van der Waals surface area contributed by atoms with Gasteiger partial charge in [0.1, 0.15) is 11.9 Å². The van der Waals surface area contributed by atoms with Crippen LogP contribution in [-0.4, -0.2) is 6.29 Å². The first-order chi connectivity index (χ1) is 6.29. The molecule has 64 valence electrons. The van der Waals surface area contributed by atoms with E-state index in [2.05, 4.69) is 0 Å². The van der Waals surface area contributed by atoms with Crippen molar-refractivity contribution >= 4 is 17.3 Å². The highest BCUT2D eigenvalue weighted by molar-refractivity contribution is 5.85. The fourth-order valence-corrected chi connectivity index (χ4v) is 1.16. The lowest BCUT2D eigenvalue weighted by molar-refractivity contribution is 0.112. The van der Waals surface area contributed by atoms with Crippen molar-refractivity contribution < 1.29 is 9.21 Å². The average Bonchev–Trinajstić information content (AvgIpc) is 2.17. The first kappa shape index (κ1) is 7.73. The first-order valence-electron chi connectivity index (χ1n) is 3.79. The highest BCUT2D eigenvalue weighted by atomic mass is 16.4. The Bertz CT molecular complexity index is 511. The molecule has 0 unspecified atom stereocenters. The smallest absolute Gasteiger partial charge is 0.336 e. The summed E-state index contributed by atoms with van der Waals surface area (Å²) in [5.74, 6) is 0. The maximum atomic E-state index is 10.8. The van der Waals surface area contributed by atoms with Gasteiger partial charge in [0, 0.05) is 17.0 Å². The van der Waals surface area contributed by atoms with Crippen molar-refractivity contribution in [1.82, 2.24) is 0 Å². The molecule has 0 amide bonds. The van der Waals surface area contributed by atoms with Crippen LogP contribution < -0.4 is 5.63 Å². The second kappa shape index (κ2) is 2.86. The molecule has 0 aliphatic carbocycles. The van der Waals surface area contributed by atoms with E-state index in [-0.39, 0.29) is 5.63 Å². The molecule has 0 fully saturated rings. The van der Waals surface area contributed by atoms with E-state index < -0.39 is 0 Å². The summed E-state index contributed by atoms with van der Waals surface area (Å²) in [6.07, 6.45) is 0.755. The molecule has 3 nitrogen and oxygen atoms in total. The molecule has 0 radical (unpaired) electrons. The third-order valence-corrected chi connectivity index (χ3v) is 1.78. The fourth-order valence-electron chi connectivity index (χ4n) is 1.16. The molecule has 2 rings (SSSR count). The molecule has 0 aliphatic rings. The highest BCUT2D eigenvalue weighted by Gasteiger charge is 1.97. The molecule has 0 N–H and O–H groups in total. The lowest BCUT2D eigenvalue weighted by Crippen LogP contribution is -1.94. The molecule has 1 aromatic carbocycles. The quantitative estimate of drug-likeness (QED) is 0.487. The van der Waals surface area contributed by atoms with Crippen LogP contribution >= 0.6 is 0 Å². The molecule has 0 bridgehead atoms. The highest BCUT2D eigenvalue weighted by Crippen LogP contribution is 2.12. The van der Waals surface area contributed by atoms with Crippen LogP contribution in [0.1, 0.15) is 10.4 Å².